The highest BCUT2D eigenvalue weighted by molar-refractivity contribution is 6.04. The van der Waals surface area contributed by atoms with Crippen LogP contribution in [0.2, 0.25) is 0 Å². The first-order valence-electron chi connectivity index (χ1n) is 5.99. The van der Waals surface area contributed by atoms with Crippen LogP contribution in [0.25, 0.3) is 0 Å². The van der Waals surface area contributed by atoms with Crippen molar-refractivity contribution in [2.45, 2.75) is 19.4 Å². The van der Waals surface area contributed by atoms with E-state index in [0.29, 0.717) is 0 Å². The summed E-state index contributed by atoms with van der Waals surface area (Å²) in [4.78, 5) is 24.6. The van der Waals surface area contributed by atoms with E-state index in [1.807, 2.05) is 24.3 Å². The second-order valence-corrected chi connectivity index (χ2v) is 4.19. The summed E-state index contributed by atoms with van der Waals surface area (Å²) < 4.78 is 0. The SMILES string of the molecule is CCc1ccc(C2NC(=O)N(CCO)C2=O)cc1. The maximum Gasteiger partial charge on any atom is 0.325 e. The first-order chi connectivity index (χ1) is 8.67. The largest absolute Gasteiger partial charge is 0.395 e. The molecule has 1 unspecified atom stereocenters. The molecule has 0 aliphatic carbocycles. The van der Waals surface area contributed by atoms with E-state index >= 15 is 0 Å². The fourth-order valence-corrected chi connectivity index (χ4v) is 2.00. The maximum atomic E-state index is 12.0. The number of aliphatic hydroxyl groups excluding tert-OH is 1. The molecule has 5 nitrogen and oxygen atoms in total. The number of hydrogen-bond donors (Lipinski definition) is 2. The van der Waals surface area contributed by atoms with Crippen molar-refractivity contribution in [2.24, 2.45) is 0 Å². The van der Waals surface area contributed by atoms with Crippen LogP contribution in [0, 0.1) is 0 Å². The summed E-state index contributed by atoms with van der Waals surface area (Å²) in [5.41, 5.74) is 1.95. The third kappa shape index (κ3) is 2.22. The molecule has 0 bridgehead atoms. The number of β-amino-alcohol motifs (C(OH)–C–C–N with tert-alkyl or cyclic N) is 1. The number of carbonyl (C=O) groups excluding carboxylic acids is 2. The summed E-state index contributed by atoms with van der Waals surface area (Å²) in [7, 11) is 0. The first-order valence-corrected chi connectivity index (χ1v) is 5.99. The minimum atomic E-state index is -0.630. The van der Waals surface area contributed by atoms with Gasteiger partial charge in [0.05, 0.1) is 13.2 Å². The molecular weight excluding hydrogens is 232 g/mol. The Bertz CT molecular complexity index is 456. The van der Waals surface area contributed by atoms with Crippen LogP contribution >= 0.6 is 0 Å². The van der Waals surface area contributed by atoms with Gasteiger partial charge in [-0.25, -0.2) is 4.79 Å². The molecule has 3 amide bonds. The molecule has 1 fully saturated rings. The molecule has 1 atom stereocenters. The smallest absolute Gasteiger partial charge is 0.325 e. The molecule has 1 aromatic carbocycles. The third-order valence-electron chi connectivity index (χ3n) is 3.07. The van der Waals surface area contributed by atoms with Gasteiger partial charge >= 0.3 is 6.03 Å². The Morgan fingerprint density at radius 2 is 1.94 bits per heavy atom. The minimum absolute atomic E-state index is 0.0359. The number of benzene rings is 1. The summed E-state index contributed by atoms with van der Waals surface area (Å²) in [6.07, 6.45) is 0.932. The third-order valence-corrected chi connectivity index (χ3v) is 3.07. The van der Waals surface area contributed by atoms with Gasteiger partial charge in [0.15, 0.2) is 0 Å². The van der Waals surface area contributed by atoms with Crippen LogP contribution in [0.1, 0.15) is 24.1 Å². The average Bonchev–Trinajstić information content (AvgIpc) is 2.67. The molecule has 0 aromatic heterocycles. The molecule has 5 heteroatoms. The van der Waals surface area contributed by atoms with Crippen LogP contribution in [-0.2, 0) is 11.2 Å². The van der Waals surface area contributed by atoms with Crippen LogP contribution in [0.4, 0.5) is 4.79 Å². The number of nitrogens with one attached hydrogen (secondary N) is 1. The van der Waals surface area contributed by atoms with Gasteiger partial charge in [-0.05, 0) is 17.5 Å². The highest BCUT2D eigenvalue weighted by Gasteiger charge is 2.38. The zero-order chi connectivity index (χ0) is 13.1. The molecule has 1 aliphatic heterocycles. The van der Waals surface area contributed by atoms with Crippen molar-refractivity contribution in [2.75, 3.05) is 13.2 Å². The Morgan fingerprint density at radius 3 is 2.50 bits per heavy atom. The normalized spacial score (nSPS) is 19.2. The quantitative estimate of drug-likeness (QED) is 0.775. The molecule has 2 N–H and O–H groups in total. The predicted molar refractivity (Wildman–Crippen MR) is 65.9 cm³/mol. The lowest BCUT2D eigenvalue weighted by molar-refractivity contribution is -0.127. The van der Waals surface area contributed by atoms with Crippen molar-refractivity contribution in [3.63, 3.8) is 0 Å². The van der Waals surface area contributed by atoms with E-state index in [2.05, 4.69) is 12.2 Å². The monoisotopic (exact) mass is 248 g/mol. The van der Waals surface area contributed by atoms with E-state index < -0.39 is 12.1 Å². The topological polar surface area (TPSA) is 69.6 Å². The molecular formula is C13H16N2O3. The summed E-state index contributed by atoms with van der Waals surface area (Å²) in [5, 5.41) is 11.4. The molecule has 0 spiro atoms. The number of carbonyl (C=O) groups is 2. The fourth-order valence-electron chi connectivity index (χ4n) is 2.00. The molecule has 18 heavy (non-hydrogen) atoms. The molecule has 1 saturated heterocycles. The molecule has 2 rings (SSSR count). The Balaban J connectivity index is 2.18. The van der Waals surface area contributed by atoms with Gasteiger partial charge in [-0.2, -0.15) is 0 Å². The second kappa shape index (κ2) is 5.18. The predicted octanol–water partition coefficient (Wildman–Crippen LogP) is 0.834. The highest BCUT2D eigenvalue weighted by Crippen LogP contribution is 2.22. The van der Waals surface area contributed by atoms with E-state index in [4.69, 9.17) is 5.11 Å². The number of aryl methyl sites for hydroxylation is 1. The summed E-state index contributed by atoms with van der Waals surface area (Å²) >= 11 is 0. The molecule has 0 saturated carbocycles. The number of imide groups is 1. The van der Waals surface area contributed by atoms with E-state index in [9.17, 15) is 9.59 Å². The average molecular weight is 248 g/mol. The molecule has 96 valence electrons. The van der Waals surface area contributed by atoms with E-state index in [1.54, 1.807) is 0 Å². The highest BCUT2D eigenvalue weighted by atomic mass is 16.3. The van der Waals surface area contributed by atoms with Crippen molar-refractivity contribution in [1.82, 2.24) is 10.2 Å². The number of nitrogens with zero attached hydrogens (tertiary/aromatic N) is 1. The van der Waals surface area contributed by atoms with Gasteiger partial charge in [-0.15, -0.1) is 0 Å². The van der Waals surface area contributed by atoms with Gasteiger partial charge in [-0.3, -0.25) is 9.69 Å². The molecule has 1 heterocycles. The molecule has 1 aromatic rings. The van der Waals surface area contributed by atoms with Crippen LogP contribution < -0.4 is 5.32 Å². The number of amides is 3. The molecule has 0 radical (unpaired) electrons. The fraction of sp³-hybridized carbons (Fsp3) is 0.385. The summed E-state index contributed by atoms with van der Waals surface area (Å²) in [6.45, 7) is 1.87. The standard InChI is InChI=1S/C13H16N2O3/c1-2-9-3-5-10(6-4-9)11-12(17)15(7-8-16)13(18)14-11/h3-6,11,16H,2,7-8H2,1H3,(H,14,18). The van der Waals surface area contributed by atoms with Crippen LogP contribution in [0.15, 0.2) is 24.3 Å². The minimum Gasteiger partial charge on any atom is -0.395 e. The van der Waals surface area contributed by atoms with Crippen LogP contribution in [0.5, 0.6) is 0 Å². The zero-order valence-electron chi connectivity index (χ0n) is 10.2. The van der Waals surface area contributed by atoms with Crippen molar-refractivity contribution in [3.05, 3.63) is 35.4 Å². The Hall–Kier alpha value is -1.88. The number of hydrogen-bond acceptors (Lipinski definition) is 3. The van der Waals surface area contributed by atoms with E-state index in [-0.39, 0.29) is 19.1 Å². The van der Waals surface area contributed by atoms with Crippen molar-refractivity contribution in [1.29, 1.82) is 0 Å². The first kappa shape index (κ1) is 12.6. The number of aliphatic hydroxyl groups is 1. The second-order valence-electron chi connectivity index (χ2n) is 4.19. The van der Waals surface area contributed by atoms with Crippen molar-refractivity contribution >= 4 is 11.9 Å². The van der Waals surface area contributed by atoms with Crippen molar-refractivity contribution < 1.29 is 14.7 Å². The van der Waals surface area contributed by atoms with Gasteiger partial charge in [0, 0.05) is 0 Å². The van der Waals surface area contributed by atoms with Gasteiger partial charge in [0.2, 0.25) is 0 Å². The number of rotatable bonds is 4. The number of urea groups is 1. The van der Waals surface area contributed by atoms with Crippen molar-refractivity contribution in [3.8, 4) is 0 Å². The Kier molecular flexibility index (Phi) is 3.62. The zero-order valence-corrected chi connectivity index (χ0v) is 10.2. The van der Waals surface area contributed by atoms with Gasteiger partial charge in [0.25, 0.3) is 5.91 Å². The van der Waals surface area contributed by atoms with E-state index in [1.165, 1.54) is 5.56 Å². The van der Waals surface area contributed by atoms with Crippen LogP contribution in [-0.4, -0.2) is 35.1 Å². The van der Waals surface area contributed by atoms with Crippen LogP contribution in [0.3, 0.4) is 0 Å². The van der Waals surface area contributed by atoms with Gasteiger partial charge < -0.3 is 10.4 Å². The van der Waals surface area contributed by atoms with Gasteiger partial charge in [0.1, 0.15) is 6.04 Å². The maximum absolute atomic E-state index is 12.0. The molecule has 1 aliphatic rings. The lowest BCUT2D eigenvalue weighted by atomic mass is 10.0. The summed E-state index contributed by atoms with van der Waals surface area (Å²) in [6, 6.07) is 6.52. The van der Waals surface area contributed by atoms with Gasteiger partial charge in [-0.1, -0.05) is 31.2 Å². The Morgan fingerprint density at radius 1 is 1.28 bits per heavy atom. The summed E-state index contributed by atoms with van der Waals surface area (Å²) in [5.74, 6) is -0.307. The lowest BCUT2D eigenvalue weighted by Crippen LogP contribution is -2.33. The Labute approximate surface area is 105 Å². The van der Waals surface area contributed by atoms with E-state index in [0.717, 1.165) is 16.9 Å². The lowest BCUT2D eigenvalue weighted by Gasteiger charge is -2.11.